The van der Waals surface area contributed by atoms with E-state index in [0.29, 0.717) is 6.79 Å². The third-order valence-corrected chi connectivity index (χ3v) is 2.51. The fourth-order valence-corrected chi connectivity index (χ4v) is 2.07. The highest BCUT2D eigenvalue weighted by Gasteiger charge is 2.34. The number of ether oxygens (including phenoxy) is 2. The summed E-state index contributed by atoms with van der Waals surface area (Å²) in [6.45, 7) is 0.393. The van der Waals surface area contributed by atoms with Crippen LogP contribution in [0, 0.1) is 0 Å². The maximum atomic E-state index is 5.20. The van der Waals surface area contributed by atoms with E-state index in [-0.39, 0.29) is 0 Å². The van der Waals surface area contributed by atoms with Gasteiger partial charge in [0.25, 0.3) is 0 Å². The van der Waals surface area contributed by atoms with Crippen LogP contribution < -0.4 is 0 Å². The Hall–Kier alpha value is -0.960. The van der Waals surface area contributed by atoms with Crippen molar-refractivity contribution in [2.45, 2.75) is 0 Å². The van der Waals surface area contributed by atoms with Gasteiger partial charge in [-0.2, -0.15) is 11.3 Å². The van der Waals surface area contributed by atoms with E-state index in [9.17, 15) is 0 Å². The molecule has 0 bridgehead atoms. The molecule has 1 aliphatic carbocycles. The molecule has 0 fully saturated rings. The molecule has 0 spiro atoms. The fraction of sp³-hybridized carbons (Fsp3) is 0.143. The van der Waals surface area contributed by atoms with E-state index in [1.54, 1.807) is 11.3 Å². The number of hydrogen-bond donors (Lipinski definition) is 0. The highest BCUT2D eigenvalue weighted by Crippen LogP contribution is 2.46. The van der Waals surface area contributed by atoms with Gasteiger partial charge < -0.3 is 9.47 Å². The van der Waals surface area contributed by atoms with Crippen molar-refractivity contribution in [1.29, 1.82) is 0 Å². The summed E-state index contributed by atoms with van der Waals surface area (Å²) >= 11 is 1.68. The van der Waals surface area contributed by atoms with E-state index in [4.69, 9.17) is 9.47 Å². The first-order valence-corrected chi connectivity index (χ1v) is 3.98. The van der Waals surface area contributed by atoms with E-state index in [0.717, 1.165) is 11.5 Å². The van der Waals surface area contributed by atoms with Gasteiger partial charge in [-0.05, 0) is 0 Å². The molecular formula is C7H4O2S. The molecule has 50 valence electrons. The summed E-state index contributed by atoms with van der Waals surface area (Å²) in [5, 5.41) is 4.17. The van der Waals surface area contributed by atoms with E-state index in [1.165, 1.54) is 11.1 Å². The van der Waals surface area contributed by atoms with Crippen molar-refractivity contribution in [3.63, 3.8) is 0 Å². The largest absolute Gasteiger partial charge is 0.453 e. The molecule has 2 heterocycles. The highest BCUT2D eigenvalue weighted by atomic mass is 32.1. The van der Waals surface area contributed by atoms with Crippen molar-refractivity contribution in [2.24, 2.45) is 0 Å². The van der Waals surface area contributed by atoms with Gasteiger partial charge in [0.1, 0.15) is 0 Å². The van der Waals surface area contributed by atoms with E-state index in [1.807, 2.05) is 0 Å². The normalized spacial score (nSPS) is 18.8. The smallest absolute Gasteiger partial charge is 0.231 e. The van der Waals surface area contributed by atoms with Gasteiger partial charge in [-0.1, -0.05) is 0 Å². The monoisotopic (exact) mass is 152 g/mol. The SMILES string of the molecule is c1scc2c1C1=C2OCO1. The summed E-state index contributed by atoms with van der Waals surface area (Å²) in [7, 11) is 0. The van der Waals surface area contributed by atoms with Gasteiger partial charge in [-0.15, -0.1) is 0 Å². The van der Waals surface area contributed by atoms with Crippen molar-refractivity contribution in [3.05, 3.63) is 21.9 Å². The second-order valence-electron chi connectivity index (χ2n) is 2.26. The summed E-state index contributed by atoms with van der Waals surface area (Å²) in [5.74, 6) is 1.91. The van der Waals surface area contributed by atoms with Gasteiger partial charge in [0.2, 0.25) is 6.79 Å². The fourth-order valence-electron chi connectivity index (χ4n) is 1.26. The third-order valence-electron chi connectivity index (χ3n) is 1.76. The topological polar surface area (TPSA) is 18.5 Å². The van der Waals surface area contributed by atoms with Crippen molar-refractivity contribution in [3.8, 4) is 0 Å². The summed E-state index contributed by atoms with van der Waals surface area (Å²) < 4.78 is 10.4. The van der Waals surface area contributed by atoms with Gasteiger partial charge in [0.15, 0.2) is 11.5 Å². The second-order valence-corrected chi connectivity index (χ2v) is 3.01. The molecule has 2 aliphatic rings. The molecule has 3 rings (SSSR count). The molecule has 1 aliphatic heterocycles. The Morgan fingerprint density at radius 2 is 1.70 bits per heavy atom. The molecule has 0 N–H and O–H groups in total. The lowest BCUT2D eigenvalue weighted by Crippen LogP contribution is -1.98. The van der Waals surface area contributed by atoms with Crippen LogP contribution in [0.2, 0.25) is 0 Å². The van der Waals surface area contributed by atoms with Crippen LogP contribution in [0.25, 0.3) is 11.5 Å². The molecule has 0 saturated carbocycles. The Morgan fingerprint density at radius 1 is 1.10 bits per heavy atom. The molecule has 0 radical (unpaired) electrons. The maximum absolute atomic E-state index is 5.20. The van der Waals surface area contributed by atoms with Crippen LogP contribution in [-0.4, -0.2) is 6.79 Å². The van der Waals surface area contributed by atoms with Crippen LogP contribution in [0.5, 0.6) is 0 Å². The summed E-state index contributed by atoms with van der Waals surface area (Å²) in [5.41, 5.74) is 2.44. The predicted molar refractivity (Wildman–Crippen MR) is 38.2 cm³/mol. The molecule has 1 aromatic heterocycles. The third kappa shape index (κ3) is 0.351. The Labute approximate surface area is 61.7 Å². The van der Waals surface area contributed by atoms with Crippen molar-refractivity contribution in [2.75, 3.05) is 6.79 Å². The molecular weight excluding hydrogens is 148 g/mol. The van der Waals surface area contributed by atoms with Crippen LogP contribution in [0.15, 0.2) is 10.8 Å². The van der Waals surface area contributed by atoms with Gasteiger partial charge >= 0.3 is 0 Å². The van der Waals surface area contributed by atoms with Gasteiger partial charge in [0, 0.05) is 21.9 Å². The average Bonchev–Trinajstić information content (AvgIpc) is 2.42. The van der Waals surface area contributed by atoms with Crippen LogP contribution in [0.3, 0.4) is 0 Å². The van der Waals surface area contributed by atoms with Gasteiger partial charge in [-0.25, -0.2) is 0 Å². The second kappa shape index (κ2) is 1.37. The van der Waals surface area contributed by atoms with E-state index >= 15 is 0 Å². The quantitative estimate of drug-likeness (QED) is 0.565. The van der Waals surface area contributed by atoms with Crippen LogP contribution in [0.1, 0.15) is 11.1 Å². The highest BCUT2D eigenvalue weighted by molar-refractivity contribution is 7.08. The van der Waals surface area contributed by atoms with E-state index in [2.05, 4.69) is 10.8 Å². The zero-order valence-corrected chi connectivity index (χ0v) is 5.90. The first-order chi connectivity index (χ1) is 4.97. The first kappa shape index (κ1) is 4.79. The molecule has 0 aromatic carbocycles. The lowest BCUT2D eigenvalue weighted by atomic mass is 9.99. The molecule has 0 atom stereocenters. The minimum absolute atomic E-state index is 0.393. The Bertz CT molecular complexity index is 296. The van der Waals surface area contributed by atoms with Gasteiger partial charge in [-0.3, -0.25) is 0 Å². The first-order valence-electron chi connectivity index (χ1n) is 3.03. The Balaban J connectivity index is 2.23. The molecule has 10 heavy (non-hydrogen) atoms. The zero-order chi connectivity index (χ0) is 6.55. The summed E-state index contributed by atoms with van der Waals surface area (Å²) in [4.78, 5) is 0. The van der Waals surface area contributed by atoms with Crippen LogP contribution >= 0.6 is 11.3 Å². The minimum atomic E-state index is 0.393. The van der Waals surface area contributed by atoms with E-state index < -0.39 is 0 Å². The molecule has 2 nitrogen and oxygen atoms in total. The summed E-state index contributed by atoms with van der Waals surface area (Å²) in [6, 6.07) is 0. The van der Waals surface area contributed by atoms with Crippen molar-refractivity contribution < 1.29 is 9.47 Å². The van der Waals surface area contributed by atoms with Crippen molar-refractivity contribution in [1.82, 2.24) is 0 Å². The lowest BCUT2D eigenvalue weighted by Gasteiger charge is -2.11. The number of thiophene rings is 1. The number of hydrogen-bond acceptors (Lipinski definition) is 3. The molecule has 0 amide bonds. The minimum Gasteiger partial charge on any atom is -0.453 e. The average molecular weight is 152 g/mol. The molecule has 0 unspecified atom stereocenters. The lowest BCUT2D eigenvalue weighted by molar-refractivity contribution is 0.113. The molecule has 3 heteroatoms. The predicted octanol–water partition coefficient (Wildman–Crippen LogP) is 1.89. The van der Waals surface area contributed by atoms with Crippen molar-refractivity contribution >= 4 is 22.9 Å². The molecule has 0 saturated heterocycles. The maximum Gasteiger partial charge on any atom is 0.231 e. The van der Waals surface area contributed by atoms with Crippen LogP contribution in [0.4, 0.5) is 0 Å². The zero-order valence-electron chi connectivity index (χ0n) is 5.09. The summed E-state index contributed by atoms with van der Waals surface area (Å²) in [6.07, 6.45) is 0. The standard InChI is InChI=1S/C7H4O2S/c1-4-5(2-10-1)7-6(4)8-3-9-7/h1-2H,3H2. The Kier molecular flexibility index (Phi) is 0.658. The number of rotatable bonds is 0. The number of fused-ring (bicyclic) bond motifs is 3. The van der Waals surface area contributed by atoms with Crippen LogP contribution in [-0.2, 0) is 9.47 Å². The Morgan fingerprint density at radius 3 is 2.30 bits per heavy atom. The molecule has 1 aromatic rings. The van der Waals surface area contributed by atoms with Gasteiger partial charge in [0.05, 0.1) is 0 Å².